The van der Waals surface area contributed by atoms with Crippen molar-refractivity contribution in [2.75, 3.05) is 5.32 Å². The molecule has 0 fully saturated rings. The molecule has 0 saturated carbocycles. The first-order valence-electron chi connectivity index (χ1n) is 3.51. The van der Waals surface area contributed by atoms with Crippen molar-refractivity contribution in [3.05, 3.63) is 15.5 Å². The average molecular weight is 249 g/mol. The third-order valence-electron chi connectivity index (χ3n) is 1.66. The molecule has 1 aliphatic heterocycles. The Kier molecular flexibility index (Phi) is 1.91. The number of anilines is 1. The van der Waals surface area contributed by atoms with E-state index in [1.165, 1.54) is 0 Å². The third kappa shape index (κ3) is 1.43. The van der Waals surface area contributed by atoms with Gasteiger partial charge in [-0.1, -0.05) is 11.3 Å². The van der Waals surface area contributed by atoms with Crippen molar-refractivity contribution in [1.29, 1.82) is 0 Å². The number of hydrogen-bond donors (Lipinski definition) is 2. The molecule has 0 radical (unpaired) electrons. The maximum atomic E-state index is 11.3. The number of thiophene rings is 1. The molecule has 2 N–H and O–H groups in total. The van der Waals surface area contributed by atoms with Crippen molar-refractivity contribution in [1.82, 2.24) is 4.72 Å². The summed E-state index contributed by atoms with van der Waals surface area (Å²) in [6.45, 7) is 0. The summed E-state index contributed by atoms with van der Waals surface area (Å²) in [6.07, 6.45) is 0. The Labute approximate surface area is 87.1 Å². The first-order chi connectivity index (χ1) is 6.92. The molecule has 0 aromatic carbocycles. The predicted octanol–water partition coefficient (Wildman–Crippen LogP) is 0.480. The molecule has 0 saturated heterocycles. The lowest BCUT2D eigenvalue weighted by molar-refractivity contribution is -0.379. The van der Waals surface area contributed by atoms with Crippen LogP contribution in [0.15, 0.2) is 10.3 Å². The van der Waals surface area contributed by atoms with Gasteiger partial charge in [0.1, 0.15) is 4.90 Å². The van der Waals surface area contributed by atoms with Gasteiger partial charge in [-0.15, -0.1) is 0 Å². The van der Waals surface area contributed by atoms with Crippen LogP contribution in [0.5, 0.6) is 0 Å². The van der Waals surface area contributed by atoms with Crippen LogP contribution >= 0.6 is 11.3 Å². The Morgan fingerprint density at radius 2 is 2.13 bits per heavy atom. The summed E-state index contributed by atoms with van der Waals surface area (Å²) in [5.74, 6) is 0. The molecule has 2 rings (SSSR count). The minimum Gasteiger partial charge on any atom is -0.299 e. The second kappa shape index (κ2) is 2.90. The van der Waals surface area contributed by atoms with Crippen LogP contribution < -0.4 is 10.0 Å². The van der Waals surface area contributed by atoms with Crippen molar-refractivity contribution in [3.63, 3.8) is 0 Å². The Morgan fingerprint density at radius 1 is 1.47 bits per heavy atom. The number of nitro groups is 1. The molecule has 1 aromatic heterocycles. The monoisotopic (exact) mass is 249 g/mol. The van der Waals surface area contributed by atoms with Crippen LogP contribution in [0.3, 0.4) is 0 Å². The van der Waals surface area contributed by atoms with Gasteiger partial charge >= 0.3 is 11.0 Å². The van der Waals surface area contributed by atoms with Gasteiger partial charge in [-0.25, -0.2) is 17.9 Å². The molecule has 1 aliphatic rings. The Morgan fingerprint density at radius 3 is 2.73 bits per heavy atom. The average Bonchev–Trinajstić information content (AvgIpc) is 2.45. The fourth-order valence-electron chi connectivity index (χ4n) is 1.10. The minimum atomic E-state index is -3.96. The Bertz CT molecular complexity index is 559. The Balaban J connectivity index is 2.70. The van der Waals surface area contributed by atoms with E-state index in [1.807, 2.05) is 0 Å². The van der Waals surface area contributed by atoms with E-state index in [0.717, 1.165) is 5.38 Å². The predicted molar refractivity (Wildman–Crippen MR) is 50.3 cm³/mol. The molecular weight excluding hydrogens is 246 g/mol. The van der Waals surface area contributed by atoms with Gasteiger partial charge in [-0.3, -0.25) is 15.4 Å². The van der Waals surface area contributed by atoms with E-state index in [-0.39, 0.29) is 10.6 Å². The molecule has 15 heavy (non-hydrogen) atoms. The zero-order valence-electron chi connectivity index (χ0n) is 6.88. The lowest BCUT2D eigenvalue weighted by Crippen LogP contribution is -2.38. The molecule has 0 bridgehead atoms. The molecule has 0 atom stereocenters. The number of carbonyl (C=O) groups excluding carboxylic acids is 1. The van der Waals surface area contributed by atoms with Crippen molar-refractivity contribution in [2.24, 2.45) is 0 Å². The number of amides is 2. The van der Waals surface area contributed by atoms with E-state index in [1.54, 1.807) is 4.72 Å². The van der Waals surface area contributed by atoms with Gasteiger partial charge in [0.15, 0.2) is 5.69 Å². The summed E-state index contributed by atoms with van der Waals surface area (Å²) in [5.41, 5.74) is -0.270. The van der Waals surface area contributed by atoms with E-state index >= 15 is 0 Å². The highest BCUT2D eigenvalue weighted by Crippen LogP contribution is 2.39. The van der Waals surface area contributed by atoms with Gasteiger partial charge in [0, 0.05) is 5.38 Å². The van der Waals surface area contributed by atoms with E-state index in [0.29, 0.717) is 11.3 Å². The summed E-state index contributed by atoms with van der Waals surface area (Å²) in [6, 6.07) is -0.996. The molecular formula is C5H3N3O5S2. The lowest BCUT2D eigenvalue weighted by Gasteiger charge is -2.13. The molecule has 10 heteroatoms. The maximum Gasteiger partial charge on any atom is 0.349 e. The van der Waals surface area contributed by atoms with Crippen LogP contribution in [0.2, 0.25) is 0 Å². The molecule has 0 unspecified atom stereocenters. The van der Waals surface area contributed by atoms with Crippen LogP contribution in [-0.4, -0.2) is 19.4 Å². The van der Waals surface area contributed by atoms with E-state index in [9.17, 15) is 23.3 Å². The van der Waals surface area contributed by atoms with E-state index in [4.69, 9.17) is 0 Å². The second-order valence-corrected chi connectivity index (χ2v) is 5.11. The van der Waals surface area contributed by atoms with Gasteiger partial charge in [0.25, 0.3) is 10.0 Å². The van der Waals surface area contributed by atoms with Crippen molar-refractivity contribution in [3.8, 4) is 0 Å². The molecule has 1 aromatic rings. The zero-order chi connectivity index (χ0) is 11.2. The summed E-state index contributed by atoms with van der Waals surface area (Å²) >= 11 is 0.645. The quantitative estimate of drug-likeness (QED) is 0.554. The number of carbonyl (C=O) groups is 1. The molecule has 2 amide bonds. The maximum absolute atomic E-state index is 11.3. The number of nitrogens with one attached hydrogen (secondary N) is 2. The summed E-state index contributed by atoms with van der Waals surface area (Å²) in [7, 11) is -3.96. The summed E-state index contributed by atoms with van der Waals surface area (Å²) in [4.78, 5) is 20.4. The number of sulfonamides is 1. The molecule has 8 nitrogen and oxygen atoms in total. The van der Waals surface area contributed by atoms with Gasteiger partial charge in [-0.2, -0.15) is 0 Å². The summed E-state index contributed by atoms with van der Waals surface area (Å²) < 4.78 is 24.3. The van der Waals surface area contributed by atoms with E-state index in [2.05, 4.69) is 5.32 Å². The number of urea groups is 1. The van der Waals surface area contributed by atoms with Crippen LogP contribution in [0.4, 0.5) is 15.5 Å². The van der Waals surface area contributed by atoms with Gasteiger partial charge < -0.3 is 0 Å². The highest BCUT2D eigenvalue weighted by molar-refractivity contribution is 7.90. The first-order valence-corrected chi connectivity index (χ1v) is 5.88. The number of rotatable bonds is 1. The van der Waals surface area contributed by atoms with Crippen molar-refractivity contribution in [2.45, 2.75) is 4.90 Å². The smallest absolute Gasteiger partial charge is 0.299 e. The van der Waals surface area contributed by atoms with E-state index < -0.39 is 26.0 Å². The molecule has 0 aliphatic carbocycles. The van der Waals surface area contributed by atoms with Gasteiger partial charge in [0.05, 0.1) is 4.92 Å². The third-order valence-corrected chi connectivity index (χ3v) is 4.09. The fourth-order valence-corrected chi connectivity index (χ4v) is 3.33. The molecule has 0 spiro atoms. The van der Waals surface area contributed by atoms with Crippen molar-refractivity contribution >= 4 is 38.1 Å². The number of hydrogen-bond acceptors (Lipinski definition) is 6. The van der Waals surface area contributed by atoms with Crippen LogP contribution in [0, 0.1) is 10.1 Å². The zero-order valence-corrected chi connectivity index (χ0v) is 8.52. The van der Waals surface area contributed by atoms with Crippen LogP contribution in [0.25, 0.3) is 0 Å². The number of nitrogens with zero attached hydrogens (tertiary/aromatic N) is 1. The normalized spacial score (nSPS) is 17.5. The minimum absolute atomic E-state index is 0.270. The second-order valence-electron chi connectivity index (χ2n) is 2.60. The highest BCUT2D eigenvalue weighted by Gasteiger charge is 2.35. The standard InChI is InChI=1S/C5H3N3O5S2/c9-5-6-3-2(15(12,13)7-5)1-14-4(3)8(10)11/h1H,(H2,6,7,9). The van der Waals surface area contributed by atoms with Gasteiger partial charge in [0.2, 0.25) is 0 Å². The number of fused-ring (bicyclic) bond motifs is 1. The fraction of sp³-hybridized carbons (Fsp3) is 0. The molecule has 2 heterocycles. The topological polar surface area (TPSA) is 118 Å². The largest absolute Gasteiger partial charge is 0.349 e. The lowest BCUT2D eigenvalue weighted by atomic mass is 10.5. The summed E-state index contributed by atoms with van der Waals surface area (Å²) in [5, 5.41) is 13.3. The Hall–Kier alpha value is -1.68. The molecule has 80 valence electrons. The van der Waals surface area contributed by atoms with Gasteiger partial charge in [-0.05, 0) is 0 Å². The van der Waals surface area contributed by atoms with Crippen LogP contribution in [-0.2, 0) is 10.0 Å². The van der Waals surface area contributed by atoms with Crippen molar-refractivity contribution < 1.29 is 18.1 Å². The first kappa shape index (κ1) is 9.86. The SMILES string of the molecule is O=C1Nc2c(csc2[N+](=O)[O-])S(=O)(=O)N1. The highest BCUT2D eigenvalue weighted by atomic mass is 32.2. The van der Waals surface area contributed by atoms with Crippen LogP contribution in [0.1, 0.15) is 0 Å².